The Kier molecular flexibility index (Phi) is 7.75. The lowest BCUT2D eigenvalue weighted by Gasteiger charge is -2.16. The Morgan fingerprint density at radius 2 is 2.00 bits per heavy atom. The zero-order valence-electron chi connectivity index (χ0n) is 13.7. The molecule has 0 bridgehead atoms. The van der Waals surface area contributed by atoms with Crippen molar-refractivity contribution >= 4 is 21.6 Å². The summed E-state index contributed by atoms with van der Waals surface area (Å²) in [6.45, 7) is 3.50. The van der Waals surface area contributed by atoms with Gasteiger partial charge in [-0.15, -0.1) is 0 Å². The number of nitro benzene ring substituents is 1. The number of amides is 1. The molecule has 0 aliphatic rings. The molecule has 0 fully saturated rings. The van der Waals surface area contributed by atoms with Gasteiger partial charge in [-0.2, -0.15) is 4.31 Å². The van der Waals surface area contributed by atoms with Crippen molar-refractivity contribution < 1.29 is 18.1 Å². The van der Waals surface area contributed by atoms with E-state index in [0.717, 1.165) is 23.3 Å². The standard InChI is InChI=1S/C14H22N4O5S/c1-3-7-15-8-9-16-14(19)11-17(2)24(22,23)13-6-4-5-12(10-13)18(20)21/h4-6,10,15H,3,7-9,11H2,1-2H3,(H,16,19). The first-order chi connectivity index (χ1) is 11.3. The van der Waals surface area contributed by atoms with Crippen LogP contribution in [0.1, 0.15) is 13.3 Å². The summed E-state index contributed by atoms with van der Waals surface area (Å²) in [5, 5.41) is 16.5. The predicted octanol–water partition coefficient (Wildman–Crippen LogP) is 0.331. The van der Waals surface area contributed by atoms with Crippen LogP contribution in [-0.2, 0) is 14.8 Å². The number of non-ortho nitro benzene ring substituents is 1. The van der Waals surface area contributed by atoms with Crippen LogP contribution in [0.2, 0.25) is 0 Å². The quantitative estimate of drug-likeness (QED) is 0.353. The van der Waals surface area contributed by atoms with Crippen molar-refractivity contribution in [2.75, 3.05) is 33.2 Å². The number of nitro groups is 1. The maximum atomic E-state index is 12.4. The molecule has 0 aliphatic heterocycles. The second-order valence-electron chi connectivity index (χ2n) is 5.12. The van der Waals surface area contributed by atoms with E-state index in [1.54, 1.807) is 0 Å². The van der Waals surface area contributed by atoms with Crippen LogP contribution in [0.3, 0.4) is 0 Å². The van der Waals surface area contributed by atoms with Crippen LogP contribution < -0.4 is 10.6 Å². The van der Waals surface area contributed by atoms with Gasteiger partial charge in [-0.05, 0) is 19.0 Å². The molecule has 0 saturated heterocycles. The highest BCUT2D eigenvalue weighted by Crippen LogP contribution is 2.19. The molecule has 1 aromatic carbocycles. The number of rotatable bonds is 10. The van der Waals surface area contributed by atoms with Gasteiger partial charge in [0.05, 0.1) is 16.4 Å². The molecule has 134 valence electrons. The lowest BCUT2D eigenvalue weighted by atomic mass is 10.3. The Balaban J connectivity index is 2.65. The van der Waals surface area contributed by atoms with Crippen LogP contribution in [0.25, 0.3) is 0 Å². The molecule has 2 N–H and O–H groups in total. The summed E-state index contributed by atoms with van der Waals surface area (Å²) in [4.78, 5) is 21.6. The lowest BCUT2D eigenvalue weighted by molar-refractivity contribution is -0.385. The van der Waals surface area contributed by atoms with Crippen LogP contribution >= 0.6 is 0 Å². The van der Waals surface area contributed by atoms with E-state index >= 15 is 0 Å². The minimum Gasteiger partial charge on any atom is -0.354 e. The van der Waals surface area contributed by atoms with E-state index in [-0.39, 0.29) is 17.1 Å². The molecule has 0 atom stereocenters. The highest BCUT2D eigenvalue weighted by atomic mass is 32.2. The number of carbonyl (C=O) groups is 1. The molecule has 1 aromatic rings. The first-order valence-electron chi connectivity index (χ1n) is 7.47. The summed E-state index contributed by atoms with van der Waals surface area (Å²) in [6, 6.07) is 4.72. The van der Waals surface area contributed by atoms with E-state index in [4.69, 9.17) is 0 Å². The number of benzene rings is 1. The van der Waals surface area contributed by atoms with E-state index in [2.05, 4.69) is 10.6 Å². The second kappa shape index (κ2) is 9.30. The molecule has 10 heteroatoms. The average molecular weight is 358 g/mol. The van der Waals surface area contributed by atoms with Crippen molar-refractivity contribution in [3.63, 3.8) is 0 Å². The lowest BCUT2D eigenvalue weighted by Crippen LogP contribution is -2.40. The Morgan fingerprint density at radius 3 is 2.62 bits per heavy atom. The van der Waals surface area contributed by atoms with Crippen LogP contribution in [0.4, 0.5) is 5.69 Å². The van der Waals surface area contributed by atoms with Gasteiger partial charge in [0.2, 0.25) is 15.9 Å². The molecule has 0 saturated carbocycles. The van der Waals surface area contributed by atoms with Crippen LogP contribution in [-0.4, -0.2) is 56.8 Å². The minimum absolute atomic E-state index is 0.225. The number of sulfonamides is 1. The molecule has 0 aromatic heterocycles. The number of likely N-dealkylation sites (N-methyl/N-ethyl adjacent to an activating group) is 1. The third kappa shape index (κ3) is 5.87. The van der Waals surface area contributed by atoms with Crippen molar-refractivity contribution in [1.29, 1.82) is 0 Å². The van der Waals surface area contributed by atoms with E-state index in [9.17, 15) is 23.3 Å². The summed E-state index contributed by atoms with van der Waals surface area (Å²) in [5.74, 6) is -0.440. The predicted molar refractivity (Wildman–Crippen MR) is 89.1 cm³/mol. The summed E-state index contributed by atoms with van der Waals surface area (Å²) < 4.78 is 25.6. The first kappa shape index (κ1) is 20.0. The van der Waals surface area contributed by atoms with E-state index < -0.39 is 20.9 Å². The number of hydrogen-bond donors (Lipinski definition) is 2. The van der Waals surface area contributed by atoms with Gasteiger partial charge in [0.25, 0.3) is 5.69 Å². The van der Waals surface area contributed by atoms with E-state index in [1.165, 1.54) is 25.2 Å². The van der Waals surface area contributed by atoms with Crippen molar-refractivity contribution in [2.45, 2.75) is 18.2 Å². The second-order valence-corrected chi connectivity index (χ2v) is 7.16. The third-order valence-corrected chi connectivity index (χ3v) is 4.95. The van der Waals surface area contributed by atoms with E-state index in [0.29, 0.717) is 13.1 Å². The molecule has 1 amide bonds. The molecule has 0 unspecified atom stereocenters. The maximum Gasteiger partial charge on any atom is 0.270 e. The molecule has 0 aliphatic carbocycles. The summed E-state index contributed by atoms with van der Waals surface area (Å²) in [6.07, 6.45) is 0.984. The zero-order chi connectivity index (χ0) is 18.2. The fraction of sp³-hybridized carbons (Fsp3) is 0.500. The highest BCUT2D eigenvalue weighted by molar-refractivity contribution is 7.89. The Labute approximate surface area is 141 Å². The van der Waals surface area contributed by atoms with Gasteiger partial charge in [-0.25, -0.2) is 8.42 Å². The van der Waals surface area contributed by atoms with Crippen LogP contribution in [0.15, 0.2) is 29.2 Å². The van der Waals surface area contributed by atoms with Crippen molar-refractivity contribution in [2.24, 2.45) is 0 Å². The molecule has 1 rings (SSSR count). The summed E-state index contributed by atoms with van der Waals surface area (Å²) in [7, 11) is -2.72. The largest absolute Gasteiger partial charge is 0.354 e. The summed E-state index contributed by atoms with van der Waals surface area (Å²) in [5.41, 5.74) is -0.323. The number of hydrogen-bond acceptors (Lipinski definition) is 6. The smallest absolute Gasteiger partial charge is 0.270 e. The summed E-state index contributed by atoms with van der Waals surface area (Å²) >= 11 is 0. The number of nitrogens with one attached hydrogen (secondary N) is 2. The van der Waals surface area contributed by atoms with Gasteiger partial charge >= 0.3 is 0 Å². The fourth-order valence-electron chi connectivity index (χ4n) is 1.87. The molecule has 0 heterocycles. The van der Waals surface area contributed by atoms with Gasteiger partial charge < -0.3 is 10.6 Å². The van der Waals surface area contributed by atoms with E-state index in [1.807, 2.05) is 6.92 Å². The fourth-order valence-corrected chi connectivity index (χ4v) is 3.04. The van der Waals surface area contributed by atoms with Gasteiger partial charge in [0.1, 0.15) is 0 Å². The Bertz CT molecular complexity index is 677. The first-order valence-corrected chi connectivity index (χ1v) is 8.91. The topological polar surface area (TPSA) is 122 Å². The molecule has 0 radical (unpaired) electrons. The highest BCUT2D eigenvalue weighted by Gasteiger charge is 2.24. The van der Waals surface area contributed by atoms with Crippen LogP contribution in [0, 0.1) is 10.1 Å². The SMILES string of the molecule is CCCNCCNC(=O)CN(C)S(=O)(=O)c1cccc([N+](=O)[O-])c1. The molecular weight excluding hydrogens is 336 g/mol. The van der Waals surface area contributed by atoms with Gasteiger partial charge in [0, 0.05) is 32.3 Å². The van der Waals surface area contributed by atoms with Crippen molar-refractivity contribution in [1.82, 2.24) is 14.9 Å². The maximum absolute atomic E-state index is 12.4. The number of carbonyl (C=O) groups excluding carboxylic acids is 1. The Morgan fingerprint density at radius 1 is 1.29 bits per heavy atom. The van der Waals surface area contributed by atoms with Gasteiger partial charge in [-0.3, -0.25) is 14.9 Å². The monoisotopic (exact) mass is 358 g/mol. The van der Waals surface area contributed by atoms with Gasteiger partial charge in [-0.1, -0.05) is 13.0 Å². The molecule has 0 spiro atoms. The number of nitrogens with zero attached hydrogens (tertiary/aromatic N) is 2. The van der Waals surface area contributed by atoms with Gasteiger partial charge in [0.15, 0.2) is 0 Å². The van der Waals surface area contributed by atoms with Crippen molar-refractivity contribution in [3.8, 4) is 0 Å². The average Bonchev–Trinajstić information content (AvgIpc) is 2.54. The molecular formula is C14H22N4O5S. The minimum atomic E-state index is -3.98. The zero-order valence-corrected chi connectivity index (χ0v) is 14.5. The van der Waals surface area contributed by atoms with Crippen molar-refractivity contribution in [3.05, 3.63) is 34.4 Å². The normalized spacial score (nSPS) is 11.5. The van der Waals surface area contributed by atoms with Crippen LogP contribution in [0.5, 0.6) is 0 Å². The molecule has 9 nitrogen and oxygen atoms in total. The Hall–Kier alpha value is -2.04. The third-order valence-electron chi connectivity index (χ3n) is 3.15. The molecule has 24 heavy (non-hydrogen) atoms.